The van der Waals surface area contributed by atoms with Crippen molar-refractivity contribution in [2.24, 2.45) is 0 Å². The maximum absolute atomic E-state index is 12.7. The SMILES string of the molecule is CCN(CC(=O)Nc1ccc2sncc2c1)S(=O)(=O)c1ccc(Br)cc1. The second-order valence-electron chi connectivity index (χ2n) is 5.51. The Morgan fingerprint density at radius 1 is 1.23 bits per heavy atom. The molecule has 0 fully saturated rings. The van der Waals surface area contributed by atoms with Crippen molar-refractivity contribution >= 4 is 59.2 Å². The zero-order valence-corrected chi connectivity index (χ0v) is 17.1. The molecular formula is C17H16BrN3O3S2. The molecule has 0 saturated carbocycles. The number of fused-ring (bicyclic) bond motifs is 1. The summed E-state index contributed by atoms with van der Waals surface area (Å²) in [6.07, 6.45) is 1.73. The van der Waals surface area contributed by atoms with E-state index in [0.29, 0.717) is 5.69 Å². The molecule has 0 saturated heterocycles. The van der Waals surface area contributed by atoms with Crippen LogP contribution in [0.1, 0.15) is 6.92 Å². The number of amides is 1. The minimum atomic E-state index is -3.74. The van der Waals surface area contributed by atoms with Gasteiger partial charge in [-0.2, -0.15) is 8.68 Å². The number of hydrogen-bond acceptors (Lipinski definition) is 5. The van der Waals surface area contributed by atoms with E-state index in [1.807, 2.05) is 12.1 Å². The fourth-order valence-electron chi connectivity index (χ4n) is 2.43. The van der Waals surface area contributed by atoms with Crippen LogP contribution >= 0.6 is 27.5 Å². The Labute approximate surface area is 164 Å². The second kappa shape index (κ2) is 7.83. The lowest BCUT2D eigenvalue weighted by atomic mass is 10.2. The highest BCUT2D eigenvalue weighted by Crippen LogP contribution is 2.22. The van der Waals surface area contributed by atoms with Gasteiger partial charge in [0.05, 0.1) is 16.1 Å². The van der Waals surface area contributed by atoms with Crippen LogP contribution in [0.3, 0.4) is 0 Å². The lowest BCUT2D eigenvalue weighted by Crippen LogP contribution is -2.37. The van der Waals surface area contributed by atoms with Gasteiger partial charge in [0.2, 0.25) is 15.9 Å². The molecule has 3 aromatic rings. The highest BCUT2D eigenvalue weighted by Gasteiger charge is 2.25. The standard InChI is InChI=1S/C17H16BrN3O3S2/c1-2-21(26(23,24)15-6-3-13(18)4-7-15)11-17(22)20-14-5-8-16-12(9-14)10-19-25-16/h3-10H,2,11H2,1H3,(H,20,22). The molecule has 1 amide bonds. The molecule has 6 nitrogen and oxygen atoms in total. The normalized spacial score (nSPS) is 11.8. The van der Waals surface area contributed by atoms with Gasteiger partial charge in [-0.15, -0.1) is 0 Å². The number of likely N-dealkylation sites (N-methyl/N-ethyl adjacent to an activating group) is 1. The summed E-state index contributed by atoms with van der Waals surface area (Å²) in [7, 11) is -3.74. The lowest BCUT2D eigenvalue weighted by molar-refractivity contribution is -0.116. The smallest absolute Gasteiger partial charge is 0.243 e. The highest BCUT2D eigenvalue weighted by molar-refractivity contribution is 9.10. The number of sulfonamides is 1. The van der Waals surface area contributed by atoms with Gasteiger partial charge in [-0.05, 0) is 54.0 Å². The molecule has 2 aromatic carbocycles. The number of halogens is 1. The molecule has 26 heavy (non-hydrogen) atoms. The fourth-order valence-corrected chi connectivity index (χ4v) is 4.73. The summed E-state index contributed by atoms with van der Waals surface area (Å²) < 4.78 is 32.5. The van der Waals surface area contributed by atoms with Crippen LogP contribution in [0.2, 0.25) is 0 Å². The zero-order chi connectivity index (χ0) is 18.7. The van der Waals surface area contributed by atoms with E-state index in [1.165, 1.54) is 23.7 Å². The molecule has 1 heterocycles. The summed E-state index contributed by atoms with van der Waals surface area (Å²) in [5, 5.41) is 3.68. The monoisotopic (exact) mass is 453 g/mol. The molecular weight excluding hydrogens is 438 g/mol. The zero-order valence-electron chi connectivity index (χ0n) is 13.8. The van der Waals surface area contributed by atoms with Gasteiger partial charge in [0.1, 0.15) is 0 Å². The number of carbonyl (C=O) groups excluding carboxylic acids is 1. The van der Waals surface area contributed by atoms with E-state index in [4.69, 9.17) is 0 Å². The van der Waals surface area contributed by atoms with Crippen molar-refractivity contribution < 1.29 is 13.2 Å². The third-order valence-corrected chi connectivity index (χ3v) is 7.00. The number of nitrogens with zero attached hydrogens (tertiary/aromatic N) is 2. The molecule has 0 aliphatic heterocycles. The molecule has 136 valence electrons. The Morgan fingerprint density at radius 2 is 1.96 bits per heavy atom. The third-order valence-electron chi connectivity index (χ3n) is 3.76. The van der Waals surface area contributed by atoms with Crippen LogP contribution in [0.5, 0.6) is 0 Å². The van der Waals surface area contributed by atoms with Gasteiger partial charge in [-0.3, -0.25) is 4.79 Å². The van der Waals surface area contributed by atoms with Gasteiger partial charge in [0.15, 0.2) is 0 Å². The summed E-state index contributed by atoms with van der Waals surface area (Å²) in [4.78, 5) is 12.5. The first-order valence-corrected chi connectivity index (χ1v) is 10.8. The van der Waals surface area contributed by atoms with Crippen LogP contribution in [0, 0.1) is 0 Å². The molecule has 1 aromatic heterocycles. The number of anilines is 1. The molecule has 0 unspecified atom stereocenters. The van der Waals surface area contributed by atoms with Crippen molar-refractivity contribution in [2.45, 2.75) is 11.8 Å². The largest absolute Gasteiger partial charge is 0.325 e. The van der Waals surface area contributed by atoms with Crippen LogP contribution in [0.4, 0.5) is 5.69 Å². The van der Waals surface area contributed by atoms with Gasteiger partial charge in [0.25, 0.3) is 0 Å². The predicted octanol–water partition coefficient (Wildman–Crippen LogP) is 3.71. The first-order chi connectivity index (χ1) is 12.4. The number of benzene rings is 2. The molecule has 0 spiro atoms. The van der Waals surface area contributed by atoms with E-state index in [1.54, 1.807) is 31.3 Å². The molecule has 3 rings (SSSR count). The first kappa shape index (κ1) is 19.0. The van der Waals surface area contributed by atoms with Crippen molar-refractivity contribution in [3.8, 4) is 0 Å². The Morgan fingerprint density at radius 3 is 2.65 bits per heavy atom. The molecule has 9 heteroatoms. The minimum absolute atomic E-state index is 0.154. The van der Waals surface area contributed by atoms with E-state index >= 15 is 0 Å². The Balaban J connectivity index is 1.74. The van der Waals surface area contributed by atoms with Crippen molar-refractivity contribution in [1.82, 2.24) is 8.68 Å². The van der Waals surface area contributed by atoms with Crippen molar-refractivity contribution in [3.05, 3.63) is 53.1 Å². The topological polar surface area (TPSA) is 79.4 Å². The van der Waals surface area contributed by atoms with Gasteiger partial charge >= 0.3 is 0 Å². The summed E-state index contributed by atoms with van der Waals surface area (Å²) in [5.41, 5.74) is 0.611. The lowest BCUT2D eigenvalue weighted by Gasteiger charge is -2.20. The number of rotatable bonds is 6. The van der Waals surface area contributed by atoms with Crippen LogP contribution in [0.15, 0.2) is 58.0 Å². The summed E-state index contributed by atoms with van der Waals surface area (Å²) >= 11 is 4.66. The number of carbonyl (C=O) groups is 1. The molecule has 1 N–H and O–H groups in total. The predicted molar refractivity (Wildman–Crippen MR) is 107 cm³/mol. The maximum atomic E-state index is 12.7. The minimum Gasteiger partial charge on any atom is -0.325 e. The fraction of sp³-hybridized carbons (Fsp3) is 0.176. The van der Waals surface area contributed by atoms with Gasteiger partial charge < -0.3 is 5.32 Å². The van der Waals surface area contributed by atoms with E-state index in [-0.39, 0.29) is 18.0 Å². The molecule has 0 bridgehead atoms. The average molecular weight is 454 g/mol. The van der Waals surface area contributed by atoms with Crippen LogP contribution in [-0.4, -0.2) is 36.1 Å². The van der Waals surface area contributed by atoms with Crippen LogP contribution in [0.25, 0.3) is 10.1 Å². The number of hydrogen-bond donors (Lipinski definition) is 1. The van der Waals surface area contributed by atoms with Gasteiger partial charge in [-0.25, -0.2) is 8.42 Å². The van der Waals surface area contributed by atoms with Crippen LogP contribution in [-0.2, 0) is 14.8 Å². The maximum Gasteiger partial charge on any atom is 0.243 e. The average Bonchev–Trinajstić information content (AvgIpc) is 3.07. The van der Waals surface area contributed by atoms with Gasteiger partial charge in [0, 0.05) is 28.3 Å². The van der Waals surface area contributed by atoms with E-state index in [2.05, 4.69) is 25.6 Å². The quantitative estimate of drug-likeness (QED) is 0.616. The van der Waals surface area contributed by atoms with Crippen molar-refractivity contribution in [1.29, 1.82) is 0 Å². The molecule has 0 radical (unpaired) electrons. The van der Waals surface area contributed by atoms with Crippen molar-refractivity contribution in [3.63, 3.8) is 0 Å². The van der Waals surface area contributed by atoms with E-state index in [9.17, 15) is 13.2 Å². The number of nitrogens with one attached hydrogen (secondary N) is 1. The Hall–Kier alpha value is -1.81. The first-order valence-electron chi connectivity index (χ1n) is 7.80. The van der Waals surface area contributed by atoms with Crippen molar-refractivity contribution in [2.75, 3.05) is 18.4 Å². The van der Waals surface area contributed by atoms with E-state index < -0.39 is 15.9 Å². The number of aromatic nitrogens is 1. The molecule has 0 aliphatic carbocycles. The summed E-state index contributed by atoms with van der Waals surface area (Å²) in [6.45, 7) is 1.64. The van der Waals surface area contributed by atoms with E-state index in [0.717, 1.165) is 18.9 Å². The molecule has 0 aliphatic rings. The third kappa shape index (κ3) is 4.12. The Kier molecular flexibility index (Phi) is 5.71. The van der Waals surface area contributed by atoms with Gasteiger partial charge in [-0.1, -0.05) is 22.9 Å². The second-order valence-corrected chi connectivity index (χ2v) is 9.20. The highest BCUT2D eigenvalue weighted by atomic mass is 79.9. The summed E-state index contributed by atoms with van der Waals surface area (Å²) in [5.74, 6) is -0.393. The van der Waals surface area contributed by atoms with Crippen LogP contribution < -0.4 is 5.32 Å². The Bertz CT molecular complexity index is 1030. The molecule has 0 atom stereocenters. The summed E-state index contributed by atoms with van der Waals surface area (Å²) in [6, 6.07) is 11.8.